The van der Waals surface area contributed by atoms with Crippen LogP contribution in [0.1, 0.15) is 35.0 Å². The number of benzene rings is 3. The Morgan fingerprint density at radius 3 is 2.50 bits per heavy atom. The van der Waals surface area contributed by atoms with Gasteiger partial charge in [0.05, 0.1) is 18.1 Å². The largest absolute Gasteiger partial charge is 0.553 e. The Hall–Kier alpha value is -5.11. The molecule has 0 spiro atoms. The van der Waals surface area contributed by atoms with Gasteiger partial charge in [-0.25, -0.2) is 5.10 Å². The number of allylic oxidation sites excluding steroid dienone is 2. The Bertz CT molecular complexity index is 1810. The standard InChI is InChI=1S/C34H33BN6O/c1-2-42-31-11-7-6-10-26(31)22-37-32-20-18-29-34(25-13-15-27(36)16-14-25)30-19-21-33(41(30)35-40(29)32)39-23-28(38-39)17-12-24-8-4-3-5-9-24/h3-11,13-16,18-21,23,37-38H,2,12,17,22,36H2,1H3/q+1. The van der Waals surface area contributed by atoms with Gasteiger partial charge in [0.25, 0.3) is 5.84 Å². The summed E-state index contributed by atoms with van der Waals surface area (Å²) in [6, 6.07) is 31.2. The monoisotopic (exact) mass is 552 g/mol. The predicted octanol–water partition coefficient (Wildman–Crippen LogP) is 5.68. The molecule has 2 aliphatic rings. The molecule has 2 aliphatic heterocycles. The Morgan fingerprint density at radius 2 is 1.69 bits per heavy atom. The highest BCUT2D eigenvalue weighted by molar-refractivity contribution is 6.30. The van der Waals surface area contributed by atoms with E-state index in [1.807, 2.05) is 37.3 Å². The summed E-state index contributed by atoms with van der Waals surface area (Å²) in [5, 5.41) is 7.20. The number of aryl methyl sites for hydroxylation is 2. The van der Waals surface area contributed by atoms with Crippen LogP contribution in [0, 0.1) is 0 Å². The van der Waals surface area contributed by atoms with E-state index in [9.17, 15) is 0 Å². The molecule has 0 atom stereocenters. The zero-order valence-corrected chi connectivity index (χ0v) is 23.6. The summed E-state index contributed by atoms with van der Waals surface area (Å²) in [6.45, 7) is 3.30. The number of para-hydroxylation sites is 1. The summed E-state index contributed by atoms with van der Waals surface area (Å²) in [7, 11) is 2.16. The first-order chi connectivity index (χ1) is 20.7. The highest BCUT2D eigenvalue weighted by atomic mass is 16.5. The normalized spacial score (nSPS) is 13.7. The maximum absolute atomic E-state index is 6.05. The van der Waals surface area contributed by atoms with Gasteiger partial charge in [0.1, 0.15) is 17.6 Å². The minimum absolute atomic E-state index is 0.636. The van der Waals surface area contributed by atoms with E-state index in [1.165, 1.54) is 11.3 Å². The predicted molar refractivity (Wildman–Crippen MR) is 170 cm³/mol. The summed E-state index contributed by atoms with van der Waals surface area (Å²) >= 11 is 0. The lowest BCUT2D eigenvalue weighted by Crippen LogP contribution is -2.36. The van der Waals surface area contributed by atoms with Crippen LogP contribution in [0.5, 0.6) is 5.75 Å². The first-order valence-electron chi connectivity index (χ1n) is 14.4. The van der Waals surface area contributed by atoms with E-state index in [0.29, 0.717) is 13.2 Å². The van der Waals surface area contributed by atoms with Crippen molar-refractivity contribution in [1.29, 1.82) is 0 Å². The average Bonchev–Trinajstić information content (AvgIpc) is 3.60. The van der Waals surface area contributed by atoms with Gasteiger partial charge in [0.15, 0.2) is 0 Å². The summed E-state index contributed by atoms with van der Waals surface area (Å²) in [5.41, 5.74) is 15.0. The van der Waals surface area contributed by atoms with Crippen molar-refractivity contribution in [2.24, 2.45) is 0 Å². The van der Waals surface area contributed by atoms with Crippen molar-refractivity contribution in [2.45, 2.75) is 26.3 Å². The fraction of sp³-hybridized carbons (Fsp3) is 0.147. The number of anilines is 2. The summed E-state index contributed by atoms with van der Waals surface area (Å²) in [5.74, 6) is 2.96. The number of nitrogens with one attached hydrogen (secondary N) is 2. The van der Waals surface area contributed by atoms with E-state index in [1.54, 1.807) is 0 Å². The van der Waals surface area contributed by atoms with Crippen LogP contribution in [-0.4, -0.2) is 38.7 Å². The van der Waals surface area contributed by atoms with E-state index in [4.69, 9.17) is 10.5 Å². The van der Waals surface area contributed by atoms with Crippen LogP contribution in [0.2, 0.25) is 0 Å². The molecule has 7 nitrogen and oxygen atoms in total. The topological polar surface area (TPSA) is 75.9 Å². The van der Waals surface area contributed by atoms with Gasteiger partial charge in [-0.1, -0.05) is 60.7 Å². The van der Waals surface area contributed by atoms with Crippen molar-refractivity contribution in [3.05, 3.63) is 143 Å². The minimum Gasteiger partial charge on any atom is -0.494 e. The number of aromatic nitrogens is 3. The van der Waals surface area contributed by atoms with Crippen LogP contribution in [0.25, 0.3) is 5.57 Å². The number of nitrogen functional groups attached to an aromatic ring is 1. The Labute approximate surface area is 246 Å². The van der Waals surface area contributed by atoms with Crippen LogP contribution in [0.3, 0.4) is 0 Å². The molecule has 2 aromatic heterocycles. The van der Waals surface area contributed by atoms with Crippen molar-refractivity contribution in [3.63, 3.8) is 0 Å². The fourth-order valence-corrected chi connectivity index (χ4v) is 5.68. The van der Waals surface area contributed by atoms with Crippen LogP contribution < -0.4 is 15.8 Å². The Morgan fingerprint density at radius 1 is 0.905 bits per heavy atom. The fourth-order valence-electron chi connectivity index (χ4n) is 5.68. The highest BCUT2D eigenvalue weighted by Gasteiger charge is 2.36. The van der Waals surface area contributed by atoms with Gasteiger partial charge in [0.2, 0.25) is 0 Å². The molecule has 5 aromatic rings. The number of aromatic amines is 1. The third-order valence-corrected chi connectivity index (χ3v) is 7.81. The molecule has 0 fully saturated rings. The number of fused-ring (bicyclic) bond motifs is 2. The van der Waals surface area contributed by atoms with Gasteiger partial charge in [-0.3, -0.25) is 4.49 Å². The first kappa shape index (κ1) is 25.8. The summed E-state index contributed by atoms with van der Waals surface area (Å²) in [4.78, 5) is 0. The van der Waals surface area contributed by atoms with Crippen molar-refractivity contribution < 1.29 is 9.22 Å². The van der Waals surface area contributed by atoms with Gasteiger partial charge in [-0.15, -0.1) is 4.68 Å². The number of hydrogen-bond acceptors (Lipinski definition) is 3. The molecular formula is C34H33BN6O+. The number of ether oxygens (including phenoxy) is 1. The molecule has 0 saturated heterocycles. The molecule has 4 N–H and O–H groups in total. The van der Waals surface area contributed by atoms with Crippen molar-refractivity contribution in [3.8, 4) is 5.75 Å². The third-order valence-electron chi connectivity index (χ3n) is 7.81. The van der Waals surface area contributed by atoms with Gasteiger partial charge in [-0.2, -0.15) is 0 Å². The molecule has 1 radical (unpaired) electrons. The number of rotatable bonds is 9. The zero-order valence-electron chi connectivity index (χ0n) is 23.6. The smallest absolute Gasteiger partial charge is 0.494 e. The lowest BCUT2D eigenvalue weighted by Gasteiger charge is -2.23. The molecule has 4 heterocycles. The van der Waals surface area contributed by atoms with Crippen LogP contribution in [-0.2, 0) is 19.4 Å². The van der Waals surface area contributed by atoms with Gasteiger partial charge >= 0.3 is 7.55 Å². The molecule has 0 saturated carbocycles. The minimum atomic E-state index is 0.636. The van der Waals surface area contributed by atoms with Gasteiger partial charge in [0, 0.05) is 35.1 Å². The number of nitrogens with zero attached hydrogens (tertiary/aromatic N) is 3. The zero-order chi connectivity index (χ0) is 28.5. The Kier molecular flexibility index (Phi) is 6.80. The van der Waals surface area contributed by atoms with Crippen LogP contribution in [0.4, 0.5) is 11.5 Å². The molecule has 0 bridgehead atoms. The van der Waals surface area contributed by atoms with Crippen LogP contribution >= 0.6 is 0 Å². The molecular weight excluding hydrogens is 519 g/mol. The highest BCUT2D eigenvalue weighted by Crippen LogP contribution is 2.36. The molecule has 0 amide bonds. The molecule has 0 unspecified atom stereocenters. The second kappa shape index (κ2) is 11.0. The van der Waals surface area contributed by atoms with E-state index < -0.39 is 0 Å². The van der Waals surface area contributed by atoms with Crippen molar-refractivity contribution >= 4 is 30.5 Å². The van der Waals surface area contributed by atoms with Crippen molar-refractivity contribution in [1.82, 2.24) is 14.3 Å². The maximum atomic E-state index is 6.05. The molecule has 3 aromatic carbocycles. The second-order valence-electron chi connectivity index (χ2n) is 10.5. The number of nitrogens with two attached hydrogens (primary N) is 1. The number of hydrogen-bond donors (Lipinski definition) is 3. The molecule has 7 rings (SSSR count). The van der Waals surface area contributed by atoms with Crippen molar-refractivity contribution in [2.75, 3.05) is 17.7 Å². The molecule has 42 heavy (non-hydrogen) atoms. The third kappa shape index (κ3) is 4.85. The van der Waals surface area contributed by atoms with Gasteiger partial charge < -0.3 is 20.3 Å². The molecule has 0 aliphatic carbocycles. The summed E-state index contributed by atoms with van der Waals surface area (Å²) < 4.78 is 12.4. The summed E-state index contributed by atoms with van der Waals surface area (Å²) in [6.07, 6.45) is 8.53. The quantitative estimate of drug-likeness (QED) is 0.163. The van der Waals surface area contributed by atoms with E-state index >= 15 is 0 Å². The molecule has 207 valence electrons. The number of H-pyrrole nitrogens is 1. The van der Waals surface area contributed by atoms with E-state index in [0.717, 1.165) is 64.0 Å². The van der Waals surface area contributed by atoms with Crippen LogP contribution in [0.15, 0.2) is 115 Å². The lowest BCUT2D eigenvalue weighted by molar-refractivity contribution is -0.316. The SMILES string of the molecule is CCOc1ccccc1CNc1ccc2n1[B][N+]1=C(n3cc(CCc4ccccc4)[nH]3)C=CC1=C2c1ccc(N)cc1. The Balaban J connectivity index is 1.21. The lowest BCUT2D eigenvalue weighted by atomic mass is 9.92. The van der Waals surface area contributed by atoms with E-state index in [-0.39, 0.29) is 0 Å². The second-order valence-corrected chi connectivity index (χ2v) is 10.5. The molecule has 8 heteroatoms. The van der Waals surface area contributed by atoms with E-state index in [2.05, 4.69) is 111 Å². The first-order valence-corrected chi connectivity index (χ1v) is 14.4. The maximum Gasteiger partial charge on any atom is 0.553 e. The van der Waals surface area contributed by atoms with Gasteiger partial charge in [-0.05, 0) is 67.3 Å². The average molecular weight is 552 g/mol.